The summed E-state index contributed by atoms with van der Waals surface area (Å²) in [5.74, 6) is 2.20. The van der Waals surface area contributed by atoms with E-state index in [1.807, 2.05) is 42.5 Å². The Morgan fingerprint density at radius 2 is 1.92 bits per heavy atom. The van der Waals surface area contributed by atoms with Gasteiger partial charge in [0.25, 0.3) is 0 Å². The van der Waals surface area contributed by atoms with Gasteiger partial charge in [0.2, 0.25) is 5.91 Å². The van der Waals surface area contributed by atoms with Crippen molar-refractivity contribution in [3.63, 3.8) is 0 Å². The first-order chi connectivity index (χ1) is 12.6. The molecule has 26 heavy (non-hydrogen) atoms. The van der Waals surface area contributed by atoms with Gasteiger partial charge in [0.1, 0.15) is 5.82 Å². The lowest BCUT2D eigenvalue weighted by Gasteiger charge is -2.19. The molecule has 1 heterocycles. The van der Waals surface area contributed by atoms with Crippen LogP contribution in [0.5, 0.6) is 11.5 Å². The number of aromatic amines is 1. The van der Waals surface area contributed by atoms with Crippen molar-refractivity contribution >= 4 is 16.9 Å². The number of benzene rings is 2. The van der Waals surface area contributed by atoms with Gasteiger partial charge in [-0.05, 0) is 18.2 Å². The van der Waals surface area contributed by atoms with Gasteiger partial charge in [0, 0.05) is 32.0 Å². The van der Waals surface area contributed by atoms with Gasteiger partial charge in [-0.3, -0.25) is 4.79 Å². The number of fused-ring (bicyclic) bond motifs is 1. The summed E-state index contributed by atoms with van der Waals surface area (Å²) in [4.78, 5) is 22.0. The number of nitrogens with one attached hydrogen (secondary N) is 1. The number of hydrogen-bond donors (Lipinski definition) is 1. The third kappa shape index (κ3) is 3.79. The second-order valence-electron chi connectivity index (χ2n) is 6.10. The molecule has 6 nitrogen and oxygen atoms in total. The highest BCUT2D eigenvalue weighted by molar-refractivity contribution is 5.77. The lowest BCUT2D eigenvalue weighted by atomic mass is 10.1. The van der Waals surface area contributed by atoms with Crippen LogP contribution in [0.25, 0.3) is 11.0 Å². The molecular formula is C20H23N3O3. The number of imidazole rings is 1. The van der Waals surface area contributed by atoms with E-state index in [-0.39, 0.29) is 5.91 Å². The van der Waals surface area contributed by atoms with E-state index in [1.54, 1.807) is 26.2 Å². The molecule has 3 rings (SSSR count). The van der Waals surface area contributed by atoms with Gasteiger partial charge in [-0.15, -0.1) is 0 Å². The van der Waals surface area contributed by atoms with E-state index in [0.717, 1.165) is 22.4 Å². The van der Waals surface area contributed by atoms with Gasteiger partial charge in [0.15, 0.2) is 11.5 Å². The summed E-state index contributed by atoms with van der Waals surface area (Å²) in [6, 6.07) is 13.5. The van der Waals surface area contributed by atoms with Gasteiger partial charge >= 0.3 is 0 Å². The minimum Gasteiger partial charge on any atom is -0.493 e. The number of para-hydroxylation sites is 3. The molecule has 0 fully saturated rings. The lowest BCUT2D eigenvalue weighted by Crippen LogP contribution is -2.26. The van der Waals surface area contributed by atoms with Crippen LogP contribution in [0.15, 0.2) is 42.5 Å². The smallest absolute Gasteiger partial charge is 0.223 e. The molecule has 2 aromatic carbocycles. The van der Waals surface area contributed by atoms with E-state index in [9.17, 15) is 4.79 Å². The maximum Gasteiger partial charge on any atom is 0.223 e. The zero-order valence-corrected chi connectivity index (χ0v) is 15.3. The number of aromatic nitrogens is 2. The minimum absolute atomic E-state index is 0.0512. The number of amides is 1. The van der Waals surface area contributed by atoms with Crippen molar-refractivity contribution in [3.05, 3.63) is 53.9 Å². The van der Waals surface area contributed by atoms with E-state index in [2.05, 4.69) is 9.97 Å². The number of hydrogen-bond acceptors (Lipinski definition) is 4. The predicted octanol–water partition coefficient (Wildman–Crippen LogP) is 3.17. The summed E-state index contributed by atoms with van der Waals surface area (Å²) < 4.78 is 10.7. The quantitative estimate of drug-likeness (QED) is 0.708. The Morgan fingerprint density at radius 3 is 2.65 bits per heavy atom. The van der Waals surface area contributed by atoms with Crippen LogP contribution < -0.4 is 9.47 Å². The Bertz CT molecular complexity index is 871. The van der Waals surface area contributed by atoms with Crippen molar-refractivity contribution in [2.75, 3.05) is 21.3 Å². The van der Waals surface area contributed by atoms with Gasteiger partial charge in [0.05, 0.1) is 25.3 Å². The summed E-state index contributed by atoms with van der Waals surface area (Å²) in [5.41, 5.74) is 2.82. The van der Waals surface area contributed by atoms with Crippen molar-refractivity contribution in [1.82, 2.24) is 14.9 Å². The van der Waals surface area contributed by atoms with E-state index >= 15 is 0 Å². The second-order valence-corrected chi connectivity index (χ2v) is 6.10. The molecule has 0 aliphatic heterocycles. The van der Waals surface area contributed by atoms with Crippen molar-refractivity contribution in [1.29, 1.82) is 0 Å². The number of H-pyrrole nitrogens is 1. The Balaban J connectivity index is 1.63. The first kappa shape index (κ1) is 17.8. The Labute approximate surface area is 152 Å². The highest BCUT2D eigenvalue weighted by atomic mass is 16.5. The molecule has 0 unspecified atom stereocenters. The molecule has 1 N–H and O–H groups in total. The molecule has 136 valence electrons. The van der Waals surface area contributed by atoms with Crippen LogP contribution >= 0.6 is 0 Å². The molecule has 0 aliphatic carbocycles. The van der Waals surface area contributed by atoms with E-state index in [0.29, 0.717) is 30.9 Å². The maximum absolute atomic E-state index is 12.5. The van der Waals surface area contributed by atoms with Gasteiger partial charge < -0.3 is 19.4 Å². The van der Waals surface area contributed by atoms with Gasteiger partial charge in [-0.2, -0.15) is 0 Å². The van der Waals surface area contributed by atoms with Crippen LogP contribution in [0.1, 0.15) is 17.8 Å². The highest BCUT2D eigenvalue weighted by Crippen LogP contribution is 2.31. The normalized spacial score (nSPS) is 10.7. The molecule has 1 aromatic heterocycles. The van der Waals surface area contributed by atoms with Crippen LogP contribution in [0, 0.1) is 0 Å². The molecule has 3 aromatic rings. The fourth-order valence-electron chi connectivity index (χ4n) is 2.96. The highest BCUT2D eigenvalue weighted by Gasteiger charge is 2.15. The standard InChI is InChI=1S/C20H23N3O3/c1-23(13-14-7-6-10-17(25-2)20(14)26-3)19(24)12-11-18-21-15-8-4-5-9-16(15)22-18/h4-10H,11-13H2,1-3H3,(H,21,22). The number of aryl methyl sites for hydroxylation is 1. The maximum atomic E-state index is 12.5. The molecule has 0 spiro atoms. The molecule has 0 atom stereocenters. The second kappa shape index (κ2) is 7.91. The first-order valence-electron chi connectivity index (χ1n) is 8.50. The topological polar surface area (TPSA) is 67.5 Å². The van der Waals surface area contributed by atoms with Crippen LogP contribution in [0.2, 0.25) is 0 Å². The number of nitrogens with zero attached hydrogens (tertiary/aromatic N) is 2. The summed E-state index contributed by atoms with van der Waals surface area (Å²) >= 11 is 0. The van der Waals surface area contributed by atoms with E-state index in [4.69, 9.17) is 9.47 Å². The van der Waals surface area contributed by atoms with Crippen molar-refractivity contribution in [2.24, 2.45) is 0 Å². The molecule has 1 amide bonds. The number of carbonyl (C=O) groups is 1. The summed E-state index contributed by atoms with van der Waals surface area (Å²) in [6.45, 7) is 0.458. The monoisotopic (exact) mass is 353 g/mol. The zero-order valence-electron chi connectivity index (χ0n) is 15.3. The van der Waals surface area contributed by atoms with Crippen molar-refractivity contribution in [2.45, 2.75) is 19.4 Å². The first-order valence-corrected chi connectivity index (χ1v) is 8.50. The molecular weight excluding hydrogens is 330 g/mol. The predicted molar refractivity (Wildman–Crippen MR) is 100 cm³/mol. The van der Waals surface area contributed by atoms with Gasteiger partial charge in [-0.25, -0.2) is 4.98 Å². The zero-order chi connectivity index (χ0) is 18.5. The van der Waals surface area contributed by atoms with E-state index < -0.39 is 0 Å². The lowest BCUT2D eigenvalue weighted by molar-refractivity contribution is -0.130. The average Bonchev–Trinajstić information content (AvgIpc) is 3.08. The Hall–Kier alpha value is -3.02. The number of methoxy groups -OCH3 is 2. The van der Waals surface area contributed by atoms with Crippen LogP contribution in [-0.4, -0.2) is 42.0 Å². The number of rotatable bonds is 7. The summed E-state index contributed by atoms with van der Waals surface area (Å²) in [6.07, 6.45) is 0.968. The van der Waals surface area contributed by atoms with Crippen LogP contribution in [0.3, 0.4) is 0 Å². The molecule has 0 aliphatic rings. The SMILES string of the molecule is COc1cccc(CN(C)C(=O)CCc2nc3ccccc3[nH]2)c1OC. The molecule has 0 bridgehead atoms. The fourth-order valence-corrected chi connectivity index (χ4v) is 2.96. The molecule has 0 radical (unpaired) electrons. The number of carbonyl (C=O) groups excluding carboxylic acids is 1. The van der Waals surface area contributed by atoms with Crippen molar-refractivity contribution < 1.29 is 14.3 Å². The molecule has 6 heteroatoms. The van der Waals surface area contributed by atoms with E-state index in [1.165, 1.54) is 0 Å². The summed E-state index contributed by atoms with van der Waals surface area (Å²) in [7, 11) is 4.99. The third-order valence-electron chi connectivity index (χ3n) is 4.33. The Morgan fingerprint density at radius 1 is 1.12 bits per heavy atom. The fraction of sp³-hybridized carbons (Fsp3) is 0.300. The average molecular weight is 353 g/mol. The van der Waals surface area contributed by atoms with Crippen LogP contribution in [0.4, 0.5) is 0 Å². The third-order valence-corrected chi connectivity index (χ3v) is 4.33. The largest absolute Gasteiger partial charge is 0.493 e. The minimum atomic E-state index is 0.0512. The van der Waals surface area contributed by atoms with Gasteiger partial charge in [-0.1, -0.05) is 24.3 Å². The summed E-state index contributed by atoms with van der Waals surface area (Å²) in [5, 5.41) is 0. The molecule has 0 saturated carbocycles. The Kier molecular flexibility index (Phi) is 5.41. The number of ether oxygens (including phenoxy) is 2. The van der Waals surface area contributed by atoms with Crippen molar-refractivity contribution in [3.8, 4) is 11.5 Å². The molecule has 0 saturated heterocycles. The van der Waals surface area contributed by atoms with Crippen LogP contribution in [-0.2, 0) is 17.8 Å².